The summed E-state index contributed by atoms with van der Waals surface area (Å²) in [6, 6.07) is 8.50. The van der Waals surface area contributed by atoms with Crippen LogP contribution in [-0.2, 0) is 14.3 Å². The highest BCUT2D eigenvalue weighted by molar-refractivity contribution is 6.04. The van der Waals surface area contributed by atoms with Gasteiger partial charge in [-0.2, -0.15) is 0 Å². The molecule has 0 aliphatic carbocycles. The lowest BCUT2D eigenvalue weighted by Gasteiger charge is -2.24. The third-order valence-electron chi connectivity index (χ3n) is 3.90. The van der Waals surface area contributed by atoms with Crippen LogP contribution < -0.4 is 15.0 Å². The quantitative estimate of drug-likeness (QED) is 0.437. The maximum atomic E-state index is 12.4. The molecule has 1 aliphatic rings. The summed E-state index contributed by atoms with van der Waals surface area (Å²) in [6.45, 7) is 1.22. The van der Waals surface area contributed by atoms with Gasteiger partial charge in [0.2, 0.25) is 5.91 Å². The van der Waals surface area contributed by atoms with Gasteiger partial charge in [0.25, 0.3) is 11.7 Å². The van der Waals surface area contributed by atoms with E-state index in [1.807, 2.05) is 0 Å². The molecule has 1 N–H and O–H groups in total. The topological polar surface area (TPSA) is 141 Å². The van der Waals surface area contributed by atoms with Crippen LogP contribution in [0.1, 0.15) is 17.3 Å². The lowest BCUT2D eigenvalue weighted by molar-refractivity contribution is -0.389. The number of ether oxygens (including phenoxy) is 2. The minimum atomic E-state index is -0.706. The first-order chi connectivity index (χ1) is 13.9. The predicted octanol–water partition coefficient (Wildman–Crippen LogP) is 1.53. The first kappa shape index (κ1) is 19.7. The van der Waals surface area contributed by atoms with Gasteiger partial charge in [0.15, 0.2) is 12.4 Å². The molecule has 11 heteroatoms. The highest BCUT2D eigenvalue weighted by Gasteiger charge is 2.33. The first-order valence-corrected chi connectivity index (χ1v) is 8.54. The Morgan fingerprint density at radius 3 is 2.66 bits per heavy atom. The van der Waals surface area contributed by atoms with E-state index in [-0.39, 0.29) is 24.8 Å². The molecule has 0 fully saturated rings. The maximum absolute atomic E-state index is 12.4. The van der Waals surface area contributed by atoms with Gasteiger partial charge < -0.3 is 24.9 Å². The average Bonchev–Trinajstić information content (AvgIpc) is 2.70. The number of benzene rings is 1. The number of aromatic nitrogens is 1. The summed E-state index contributed by atoms with van der Waals surface area (Å²) in [5, 5.41) is 13.5. The Hall–Kier alpha value is -4.02. The SMILES string of the molecule is CCOC(=O)c1ccc(NC(=O)CN2C(=O)COc3ccc([N+](=O)[O-])nc32)cc1. The maximum Gasteiger partial charge on any atom is 0.366 e. The fourth-order valence-corrected chi connectivity index (χ4v) is 2.58. The molecule has 1 aromatic carbocycles. The fraction of sp³-hybridized carbons (Fsp3) is 0.222. The van der Waals surface area contributed by atoms with Crippen molar-refractivity contribution in [2.24, 2.45) is 0 Å². The predicted molar refractivity (Wildman–Crippen MR) is 99.8 cm³/mol. The van der Waals surface area contributed by atoms with Crippen LogP contribution in [0.3, 0.4) is 0 Å². The standard InChI is InChI=1S/C18H16N4O7/c1-2-28-18(25)11-3-5-12(6-4-11)19-15(23)9-21-16(24)10-29-13-7-8-14(22(26)27)20-17(13)21/h3-8H,2,9-10H2,1H3,(H,19,23). The van der Waals surface area contributed by atoms with Crippen molar-refractivity contribution in [1.82, 2.24) is 4.98 Å². The monoisotopic (exact) mass is 400 g/mol. The highest BCUT2D eigenvalue weighted by atomic mass is 16.6. The number of anilines is 2. The minimum Gasteiger partial charge on any atom is -0.477 e. The molecule has 1 aliphatic heterocycles. The van der Waals surface area contributed by atoms with Gasteiger partial charge in [0.1, 0.15) is 6.54 Å². The minimum absolute atomic E-state index is 0.0942. The summed E-state index contributed by atoms with van der Waals surface area (Å²) in [4.78, 5) is 51.3. The molecule has 2 aromatic rings. The molecule has 0 radical (unpaired) electrons. The normalized spacial score (nSPS) is 12.6. The number of esters is 1. The summed E-state index contributed by atoms with van der Waals surface area (Å²) in [5.41, 5.74) is 0.731. The average molecular weight is 400 g/mol. The number of nitrogens with zero attached hydrogens (tertiary/aromatic N) is 3. The number of nitro groups is 1. The molecule has 2 heterocycles. The van der Waals surface area contributed by atoms with Crippen LogP contribution in [0.4, 0.5) is 17.3 Å². The van der Waals surface area contributed by atoms with E-state index in [0.717, 1.165) is 11.0 Å². The molecule has 0 unspecified atom stereocenters. The van der Waals surface area contributed by atoms with E-state index in [0.29, 0.717) is 11.3 Å². The van der Waals surface area contributed by atoms with Crippen molar-refractivity contribution in [2.45, 2.75) is 6.92 Å². The summed E-state index contributed by atoms with van der Waals surface area (Å²) in [6.07, 6.45) is 0. The van der Waals surface area contributed by atoms with Crippen molar-refractivity contribution in [2.75, 3.05) is 30.0 Å². The first-order valence-electron chi connectivity index (χ1n) is 8.54. The number of hydrogen-bond donors (Lipinski definition) is 1. The van der Waals surface area contributed by atoms with Gasteiger partial charge in [-0.1, -0.05) is 0 Å². The molecule has 0 atom stereocenters. The zero-order valence-electron chi connectivity index (χ0n) is 15.3. The number of carbonyl (C=O) groups excluding carboxylic acids is 3. The lowest BCUT2D eigenvalue weighted by atomic mass is 10.2. The fourth-order valence-electron chi connectivity index (χ4n) is 2.58. The van der Waals surface area contributed by atoms with Crippen molar-refractivity contribution >= 4 is 35.1 Å². The molecule has 0 spiro atoms. The molecule has 1 aromatic heterocycles. The van der Waals surface area contributed by atoms with Gasteiger partial charge >= 0.3 is 11.8 Å². The van der Waals surface area contributed by atoms with Crippen LogP contribution in [0.2, 0.25) is 0 Å². The second-order valence-electron chi connectivity index (χ2n) is 5.86. The van der Waals surface area contributed by atoms with Crippen molar-refractivity contribution in [3.63, 3.8) is 0 Å². The number of hydrogen-bond acceptors (Lipinski definition) is 8. The summed E-state index contributed by atoms with van der Waals surface area (Å²) in [7, 11) is 0. The van der Waals surface area contributed by atoms with E-state index in [2.05, 4.69) is 10.3 Å². The third kappa shape index (κ3) is 4.46. The summed E-state index contributed by atoms with van der Waals surface area (Å²) >= 11 is 0. The molecule has 0 saturated carbocycles. The van der Waals surface area contributed by atoms with E-state index >= 15 is 0 Å². The van der Waals surface area contributed by atoms with E-state index in [1.165, 1.54) is 30.3 Å². The van der Waals surface area contributed by atoms with Gasteiger partial charge in [-0.3, -0.25) is 14.5 Å². The number of pyridine rings is 1. The van der Waals surface area contributed by atoms with E-state index in [1.54, 1.807) is 6.92 Å². The Balaban J connectivity index is 1.72. The molecule has 2 amide bonds. The molecular formula is C18H16N4O7. The number of fused-ring (bicyclic) bond motifs is 1. The zero-order valence-corrected chi connectivity index (χ0v) is 15.3. The van der Waals surface area contributed by atoms with Crippen LogP contribution in [-0.4, -0.2) is 47.4 Å². The van der Waals surface area contributed by atoms with Crippen molar-refractivity contribution < 1.29 is 28.8 Å². The van der Waals surface area contributed by atoms with E-state index in [9.17, 15) is 24.5 Å². The van der Waals surface area contributed by atoms with Crippen LogP contribution in [0.25, 0.3) is 0 Å². The number of nitrogens with one attached hydrogen (secondary N) is 1. The van der Waals surface area contributed by atoms with Gasteiger partial charge in [-0.25, -0.2) is 4.79 Å². The Kier molecular flexibility index (Phi) is 5.67. The molecule has 11 nitrogen and oxygen atoms in total. The Morgan fingerprint density at radius 2 is 2.00 bits per heavy atom. The van der Waals surface area contributed by atoms with E-state index < -0.39 is 35.1 Å². The molecule has 150 valence electrons. The molecule has 0 bridgehead atoms. The van der Waals surface area contributed by atoms with E-state index in [4.69, 9.17) is 9.47 Å². The van der Waals surface area contributed by atoms with Gasteiger partial charge in [0, 0.05) is 11.8 Å². The number of rotatable bonds is 6. The molecular weight excluding hydrogens is 384 g/mol. The Labute approximate surface area is 164 Å². The lowest BCUT2D eigenvalue weighted by Crippen LogP contribution is -2.44. The van der Waals surface area contributed by atoms with Gasteiger partial charge in [-0.05, 0) is 47.2 Å². The number of carbonyl (C=O) groups is 3. The second kappa shape index (κ2) is 8.33. The number of amides is 2. The zero-order chi connectivity index (χ0) is 21.0. The molecule has 0 saturated heterocycles. The highest BCUT2D eigenvalue weighted by Crippen LogP contribution is 2.31. The van der Waals surface area contributed by atoms with Crippen LogP contribution in [0.5, 0.6) is 5.75 Å². The Morgan fingerprint density at radius 1 is 1.28 bits per heavy atom. The van der Waals surface area contributed by atoms with Crippen molar-refractivity contribution in [3.05, 3.63) is 52.1 Å². The molecule has 3 rings (SSSR count). The van der Waals surface area contributed by atoms with Gasteiger partial charge in [-0.15, -0.1) is 0 Å². The van der Waals surface area contributed by atoms with Crippen LogP contribution >= 0.6 is 0 Å². The van der Waals surface area contributed by atoms with Crippen LogP contribution in [0.15, 0.2) is 36.4 Å². The Bertz CT molecular complexity index is 975. The second-order valence-corrected chi connectivity index (χ2v) is 5.86. The van der Waals surface area contributed by atoms with Crippen molar-refractivity contribution in [1.29, 1.82) is 0 Å². The summed E-state index contributed by atoms with van der Waals surface area (Å²) in [5.74, 6) is -1.98. The van der Waals surface area contributed by atoms with Gasteiger partial charge in [0.05, 0.1) is 12.2 Å². The largest absolute Gasteiger partial charge is 0.477 e. The smallest absolute Gasteiger partial charge is 0.366 e. The summed E-state index contributed by atoms with van der Waals surface area (Å²) < 4.78 is 10.1. The van der Waals surface area contributed by atoms with Crippen molar-refractivity contribution in [3.8, 4) is 5.75 Å². The van der Waals surface area contributed by atoms with Crippen LogP contribution in [0, 0.1) is 10.1 Å². The molecule has 29 heavy (non-hydrogen) atoms. The third-order valence-corrected chi connectivity index (χ3v) is 3.90.